The highest BCUT2D eigenvalue weighted by Gasteiger charge is 2.03. The lowest BCUT2D eigenvalue weighted by atomic mass is 10.2. The Morgan fingerprint density at radius 1 is 1.19 bits per heavy atom. The second-order valence-electron chi connectivity index (χ2n) is 4.38. The Labute approximate surface area is 126 Å². The number of anilines is 2. The van der Waals surface area contributed by atoms with Crippen LogP contribution in [0.25, 0.3) is 0 Å². The molecule has 4 nitrogen and oxygen atoms in total. The van der Waals surface area contributed by atoms with Gasteiger partial charge in [-0.2, -0.15) is 0 Å². The minimum Gasteiger partial charge on any atom is -0.387 e. The molecule has 1 amide bonds. The van der Waals surface area contributed by atoms with Crippen molar-refractivity contribution >= 4 is 28.9 Å². The van der Waals surface area contributed by atoms with Crippen LogP contribution in [0.3, 0.4) is 0 Å². The normalized spacial score (nSPS) is 10.2. The summed E-state index contributed by atoms with van der Waals surface area (Å²) in [6.45, 7) is -0.140. The second-order valence-corrected chi connectivity index (χ2v) is 4.78. The Hall–Kier alpha value is -2.11. The van der Waals surface area contributed by atoms with Gasteiger partial charge in [0.25, 0.3) is 0 Å². The maximum Gasteiger partial charge on any atom is 0.250 e. The SMILES string of the molecule is O=C(CO)Nc1cccc(NCc2ccc(F)cc2Cl)c1. The Morgan fingerprint density at radius 3 is 2.67 bits per heavy atom. The van der Waals surface area contributed by atoms with Crippen LogP contribution >= 0.6 is 11.6 Å². The van der Waals surface area contributed by atoms with Gasteiger partial charge in [-0.15, -0.1) is 0 Å². The number of carbonyl (C=O) groups excluding carboxylic acids is 1. The Kier molecular flexibility index (Phi) is 5.14. The van der Waals surface area contributed by atoms with Crippen molar-refractivity contribution in [2.45, 2.75) is 6.54 Å². The molecule has 2 rings (SSSR count). The highest BCUT2D eigenvalue weighted by atomic mass is 35.5. The van der Waals surface area contributed by atoms with Gasteiger partial charge in [-0.1, -0.05) is 23.7 Å². The molecule has 0 spiro atoms. The predicted molar refractivity (Wildman–Crippen MR) is 80.9 cm³/mol. The number of hydrogen-bond acceptors (Lipinski definition) is 3. The first-order valence-corrected chi connectivity index (χ1v) is 6.65. The first-order valence-electron chi connectivity index (χ1n) is 6.27. The molecule has 110 valence electrons. The summed E-state index contributed by atoms with van der Waals surface area (Å²) in [6, 6.07) is 11.3. The minimum absolute atomic E-state index is 0.354. The molecule has 0 radical (unpaired) electrons. The number of hydrogen-bond donors (Lipinski definition) is 3. The van der Waals surface area contributed by atoms with E-state index in [0.717, 1.165) is 11.3 Å². The molecular weight excluding hydrogens is 295 g/mol. The molecule has 0 fully saturated rings. The molecule has 0 aliphatic rings. The van der Waals surface area contributed by atoms with Crippen molar-refractivity contribution in [3.05, 3.63) is 58.9 Å². The molecule has 3 N–H and O–H groups in total. The number of halogens is 2. The van der Waals surface area contributed by atoms with Crippen LogP contribution in [0.4, 0.5) is 15.8 Å². The Bertz CT molecular complexity index is 649. The summed E-state index contributed by atoms with van der Waals surface area (Å²) in [7, 11) is 0. The van der Waals surface area contributed by atoms with E-state index < -0.39 is 12.5 Å². The van der Waals surface area contributed by atoms with E-state index in [2.05, 4.69) is 10.6 Å². The summed E-state index contributed by atoms with van der Waals surface area (Å²) in [6.07, 6.45) is 0. The van der Waals surface area contributed by atoms with Gasteiger partial charge in [0.15, 0.2) is 0 Å². The van der Waals surface area contributed by atoms with Gasteiger partial charge in [0.1, 0.15) is 12.4 Å². The van der Waals surface area contributed by atoms with Crippen molar-refractivity contribution in [3.8, 4) is 0 Å². The standard InChI is InChI=1S/C15H14ClFN2O2/c16-14-6-11(17)5-4-10(14)8-18-12-2-1-3-13(7-12)19-15(21)9-20/h1-7,18,20H,8-9H2,(H,19,21). The van der Waals surface area contributed by atoms with Crippen LogP contribution in [0.15, 0.2) is 42.5 Å². The van der Waals surface area contributed by atoms with Gasteiger partial charge in [-0.3, -0.25) is 4.79 Å². The van der Waals surface area contributed by atoms with Gasteiger partial charge in [-0.25, -0.2) is 4.39 Å². The molecule has 0 aliphatic carbocycles. The molecule has 21 heavy (non-hydrogen) atoms. The van der Waals surface area contributed by atoms with E-state index in [9.17, 15) is 9.18 Å². The van der Waals surface area contributed by atoms with E-state index in [-0.39, 0.29) is 5.82 Å². The van der Waals surface area contributed by atoms with Gasteiger partial charge in [0.2, 0.25) is 5.91 Å². The molecule has 2 aromatic carbocycles. The molecule has 0 aliphatic heterocycles. The van der Waals surface area contributed by atoms with Crippen LogP contribution in [0.2, 0.25) is 5.02 Å². The monoisotopic (exact) mass is 308 g/mol. The van der Waals surface area contributed by atoms with E-state index in [0.29, 0.717) is 17.3 Å². The lowest BCUT2D eigenvalue weighted by molar-refractivity contribution is -0.118. The quantitative estimate of drug-likeness (QED) is 0.795. The molecule has 0 saturated carbocycles. The number of benzene rings is 2. The lowest BCUT2D eigenvalue weighted by Gasteiger charge is -2.10. The number of aliphatic hydroxyl groups excluding tert-OH is 1. The molecule has 6 heteroatoms. The van der Waals surface area contributed by atoms with Crippen molar-refractivity contribution in [2.24, 2.45) is 0 Å². The van der Waals surface area contributed by atoms with Crippen LogP contribution in [0.1, 0.15) is 5.56 Å². The summed E-state index contributed by atoms with van der Waals surface area (Å²) >= 11 is 5.95. The van der Waals surface area contributed by atoms with E-state index in [1.807, 2.05) is 6.07 Å². The van der Waals surface area contributed by atoms with Gasteiger partial charge >= 0.3 is 0 Å². The van der Waals surface area contributed by atoms with Crippen LogP contribution in [-0.4, -0.2) is 17.6 Å². The number of amides is 1. The van der Waals surface area contributed by atoms with Crippen LogP contribution in [0.5, 0.6) is 0 Å². The maximum atomic E-state index is 13.0. The van der Waals surface area contributed by atoms with Gasteiger partial charge in [0.05, 0.1) is 0 Å². The largest absolute Gasteiger partial charge is 0.387 e. The number of aliphatic hydroxyl groups is 1. The maximum absolute atomic E-state index is 13.0. The van der Waals surface area contributed by atoms with Crippen molar-refractivity contribution in [2.75, 3.05) is 17.2 Å². The van der Waals surface area contributed by atoms with Gasteiger partial charge in [0, 0.05) is 22.9 Å². The molecule has 2 aromatic rings. The molecule has 0 aromatic heterocycles. The topological polar surface area (TPSA) is 61.4 Å². The highest BCUT2D eigenvalue weighted by Crippen LogP contribution is 2.20. The molecule has 0 atom stereocenters. The van der Waals surface area contributed by atoms with Crippen molar-refractivity contribution < 1.29 is 14.3 Å². The molecule has 0 unspecified atom stereocenters. The van der Waals surface area contributed by atoms with Crippen LogP contribution in [-0.2, 0) is 11.3 Å². The number of nitrogens with one attached hydrogen (secondary N) is 2. The summed E-state index contributed by atoms with van der Waals surface area (Å²) in [5.74, 6) is -0.855. The summed E-state index contributed by atoms with van der Waals surface area (Å²) < 4.78 is 13.0. The fourth-order valence-electron chi connectivity index (χ4n) is 1.77. The summed E-state index contributed by atoms with van der Waals surface area (Å²) in [5, 5.41) is 14.7. The van der Waals surface area contributed by atoms with Crippen molar-refractivity contribution in [1.29, 1.82) is 0 Å². The van der Waals surface area contributed by atoms with E-state index >= 15 is 0 Å². The molecule has 0 heterocycles. The zero-order valence-electron chi connectivity index (χ0n) is 11.1. The summed E-state index contributed by atoms with van der Waals surface area (Å²) in [4.78, 5) is 11.1. The van der Waals surface area contributed by atoms with E-state index in [4.69, 9.17) is 16.7 Å². The van der Waals surface area contributed by atoms with Crippen molar-refractivity contribution in [3.63, 3.8) is 0 Å². The molecule has 0 bridgehead atoms. The average Bonchev–Trinajstić information content (AvgIpc) is 2.46. The summed E-state index contributed by atoms with van der Waals surface area (Å²) in [5.41, 5.74) is 2.11. The first-order chi connectivity index (χ1) is 10.1. The average molecular weight is 309 g/mol. The fourth-order valence-corrected chi connectivity index (χ4v) is 2.00. The third-order valence-electron chi connectivity index (χ3n) is 2.79. The third-order valence-corrected chi connectivity index (χ3v) is 3.14. The number of rotatable bonds is 5. The van der Waals surface area contributed by atoms with Gasteiger partial charge < -0.3 is 15.7 Å². The zero-order chi connectivity index (χ0) is 15.2. The minimum atomic E-state index is -0.567. The molecular formula is C15H14ClFN2O2. The van der Waals surface area contributed by atoms with Gasteiger partial charge in [-0.05, 0) is 35.9 Å². The predicted octanol–water partition coefficient (Wildman–Crippen LogP) is 3.02. The highest BCUT2D eigenvalue weighted by molar-refractivity contribution is 6.31. The fraction of sp³-hybridized carbons (Fsp3) is 0.133. The number of carbonyl (C=O) groups is 1. The zero-order valence-corrected chi connectivity index (χ0v) is 11.8. The second kappa shape index (κ2) is 7.06. The first kappa shape index (κ1) is 15.3. The Balaban J connectivity index is 2.03. The smallest absolute Gasteiger partial charge is 0.250 e. The van der Waals surface area contributed by atoms with E-state index in [1.165, 1.54) is 12.1 Å². The van der Waals surface area contributed by atoms with Crippen LogP contribution < -0.4 is 10.6 Å². The van der Waals surface area contributed by atoms with Crippen LogP contribution in [0, 0.1) is 5.82 Å². The lowest BCUT2D eigenvalue weighted by Crippen LogP contribution is -2.15. The molecule has 0 saturated heterocycles. The third kappa shape index (κ3) is 4.44. The van der Waals surface area contributed by atoms with E-state index in [1.54, 1.807) is 24.3 Å². The van der Waals surface area contributed by atoms with Crippen molar-refractivity contribution in [1.82, 2.24) is 0 Å². The Morgan fingerprint density at radius 2 is 1.95 bits per heavy atom.